The lowest BCUT2D eigenvalue weighted by Crippen LogP contribution is -2.17. The number of aromatic nitrogens is 2. The molecule has 3 aromatic rings. The molecular weight excluding hydrogens is 364 g/mol. The SMILES string of the molecule is CC(C)C(=O)Nc1cn(-c2ccc(C(=O)Nc3cccc(Cl)c3)cc2)cn1. The molecule has 6 nitrogen and oxygen atoms in total. The number of anilines is 2. The first kappa shape index (κ1) is 18.7. The first-order chi connectivity index (χ1) is 12.9. The quantitative estimate of drug-likeness (QED) is 0.687. The topological polar surface area (TPSA) is 76.0 Å². The summed E-state index contributed by atoms with van der Waals surface area (Å²) in [5.74, 6) is 0.0523. The number of nitrogens with one attached hydrogen (secondary N) is 2. The van der Waals surface area contributed by atoms with E-state index in [4.69, 9.17) is 11.6 Å². The maximum Gasteiger partial charge on any atom is 0.255 e. The zero-order valence-electron chi connectivity index (χ0n) is 14.9. The van der Waals surface area contributed by atoms with Crippen molar-refractivity contribution in [2.45, 2.75) is 13.8 Å². The Bertz CT molecular complexity index is 964. The van der Waals surface area contributed by atoms with Gasteiger partial charge in [-0.15, -0.1) is 0 Å². The van der Waals surface area contributed by atoms with E-state index in [1.165, 1.54) is 0 Å². The van der Waals surface area contributed by atoms with Crippen molar-refractivity contribution in [1.82, 2.24) is 9.55 Å². The Morgan fingerprint density at radius 3 is 2.48 bits per heavy atom. The zero-order valence-corrected chi connectivity index (χ0v) is 15.7. The summed E-state index contributed by atoms with van der Waals surface area (Å²) in [5, 5.41) is 6.11. The lowest BCUT2D eigenvalue weighted by Gasteiger charge is -2.07. The number of halogens is 1. The molecular formula is C20H19ClN4O2. The molecule has 0 radical (unpaired) electrons. The molecule has 1 aromatic heterocycles. The van der Waals surface area contributed by atoms with E-state index in [1.54, 1.807) is 53.5 Å². The molecule has 1 heterocycles. The monoisotopic (exact) mass is 382 g/mol. The summed E-state index contributed by atoms with van der Waals surface area (Å²) < 4.78 is 1.77. The molecule has 0 saturated carbocycles. The van der Waals surface area contributed by atoms with E-state index < -0.39 is 0 Å². The first-order valence-corrected chi connectivity index (χ1v) is 8.82. The Morgan fingerprint density at radius 2 is 1.81 bits per heavy atom. The predicted octanol–water partition coefficient (Wildman–Crippen LogP) is 4.37. The van der Waals surface area contributed by atoms with Crippen molar-refractivity contribution < 1.29 is 9.59 Å². The summed E-state index contributed by atoms with van der Waals surface area (Å²) in [5.41, 5.74) is 1.98. The fraction of sp³-hybridized carbons (Fsp3) is 0.150. The van der Waals surface area contributed by atoms with Crippen LogP contribution in [0.2, 0.25) is 5.02 Å². The van der Waals surface area contributed by atoms with Gasteiger partial charge in [0, 0.05) is 27.9 Å². The van der Waals surface area contributed by atoms with Crippen molar-refractivity contribution in [2.75, 3.05) is 10.6 Å². The van der Waals surface area contributed by atoms with Crippen molar-refractivity contribution in [3.63, 3.8) is 0 Å². The summed E-state index contributed by atoms with van der Waals surface area (Å²) >= 11 is 5.93. The number of imidazole rings is 1. The Hall–Kier alpha value is -3.12. The van der Waals surface area contributed by atoms with Crippen molar-refractivity contribution in [3.8, 4) is 5.69 Å². The third-order valence-electron chi connectivity index (χ3n) is 3.87. The predicted molar refractivity (Wildman–Crippen MR) is 106 cm³/mol. The summed E-state index contributed by atoms with van der Waals surface area (Å²) in [6.45, 7) is 3.64. The molecule has 138 valence electrons. The lowest BCUT2D eigenvalue weighted by atomic mass is 10.2. The van der Waals surface area contributed by atoms with Gasteiger partial charge >= 0.3 is 0 Å². The largest absolute Gasteiger partial charge is 0.322 e. The summed E-state index contributed by atoms with van der Waals surface area (Å²) in [6, 6.07) is 14.0. The highest BCUT2D eigenvalue weighted by atomic mass is 35.5. The normalized spacial score (nSPS) is 10.7. The van der Waals surface area contributed by atoms with Crippen LogP contribution in [0.5, 0.6) is 0 Å². The number of hydrogen-bond acceptors (Lipinski definition) is 3. The van der Waals surface area contributed by atoms with Gasteiger partial charge in [0.2, 0.25) is 5.91 Å². The second-order valence-corrected chi connectivity index (χ2v) is 6.76. The molecule has 2 N–H and O–H groups in total. The standard InChI is InChI=1S/C20H19ClN4O2/c1-13(2)19(26)24-18-11-25(12-22-18)17-8-6-14(7-9-17)20(27)23-16-5-3-4-15(21)10-16/h3-13H,1-2H3,(H,23,27)(H,24,26). The number of hydrogen-bond donors (Lipinski definition) is 2. The Labute approximate surface area is 162 Å². The summed E-state index contributed by atoms with van der Waals surface area (Å²) in [6.07, 6.45) is 3.33. The highest BCUT2D eigenvalue weighted by Gasteiger charge is 2.10. The van der Waals surface area contributed by atoms with Gasteiger partial charge < -0.3 is 15.2 Å². The third-order valence-corrected chi connectivity index (χ3v) is 4.10. The second kappa shape index (κ2) is 8.05. The second-order valence-electron chi connectivity index (χ2n) is 6.32. The molecule has 2 amide bonds. The van der Waals surface area contributed by atoms with E-state index in [0.717, 1.165) is 5.69 Å². The Kier molecular flexibility index (Phi) is 5.57. The molecule has 0 aliphatic carbocycles. The minimum atomic E-state index is -0.223. The van der Waals surface area contributed by atoms with Gasteiger partial charge in [-0.2, -0.15) is 0 Å². The van der Waals surface area contributed by atoms with Gasteiger partial charge in [-0.1, -0.05) is 31.5 Å². The van der Waals surface area contributed by atoms with Crippen LogP contribution in [-0.2, 0) is 4.79 Å². The van der Waals surface area contributed by atoms with Crippen LogP contribution in [0.1, 0.15) is 24.2 Å². The number of rotatable bonds is 5. The molecule has 0 fully saturated rings. The van der Waals surface area contributed by atoms with Crippen LogP contribution < -0.4 is 10.6 Å². The minimum absolute atomic E-state index is 0.0896. The number of carbonyl (C=O) groups is 2. The average Bonchev–Trinajstić information content (AvgIpc) is 3.10. The van der Waals surface area contributed by atoms with Crippen molar-refractivity contribution in [1.29, 1.82) is 0 Å². The number of amides is 2. The highest BCUT2D eigenvalue weighted by Crippen LogP contribution is 2.17. The molecule has 0 aliphatic heterocycles. The van der Waals surface area contributed by atoms with Crippen molar-refractivity contribution in [2.24, 2.45) is 5.92 Å². The van der Waals surface area contributed by atoms with Crippen LogP contribution in [0.4, 0.5) is 11.5 Å². The van der Waals surface area contributed by atoms with E-state index in [9.17, 15) is 9.59 Å². The average molecular weight is 383 g/mol. The van der Waals surface area contributed by atoms with Crippen molar-refractivity contribution in [3.05, 3.63) is 71.6 Å². The molecule has 0 unspecified atom stereocenters. The van der Waals surface area contributed by atoms with Gasteiger partial charge in [-0.05, 0) is 42.5 Å². The number of carbonyl (C=O) groups excluding carboxylic acids is 2. The molecule has 3 rings (SSSR count). The van der Waals surface area contributed by atoms with Gasteiger partial charge in [-0.25, -0.2) is 4.98 Å². The Morgan fingerprint density at radius 1 is 1.07 bits per heavy atom. The van der Waals surface area contributed by atoms with Crippen LogP contribution in [0, 0.1) is 5.92 Å². The molecule has 0 atom stereocenters. The maximum atomic E-state index is 12.3. The Balaban J connectivity index is 1.69. The molecule has 27 heavy (non-hydrogen) atoms. The number of benzene rings is 2. The third kappa shape index (κ3) is 4.74. The van der Waals surface area contributed by atoms with E-state index in [2.05, 4.69) is 15.6 Å². The molecule has 0 spiro atoms. The van der Waals surface area contributed by atoms with Gasteiger partial charge in [0.05, 0.1) is 6.20 Å². The van der Waals surface area contributed by atoms with Gasteiger partial charge in [0.15, 0.2) is 5.82 Å². The van der Waals surface area contributed by atoms with Gasteiger partial charge in [0.1, 0.15) is 6.33 Å². The lowest BCUT2D eigenvalue weighted by molar-refractivity contribution is -0.118. The molecule has 0 saturated heterocycles. The first-order valence-electron chi connectivity index (χ1n) is 8.44. The van der Waals surface area contributed by atoms with Crippen LogP contribution in [-0.4, -0.2) is 21.4 Å². The van der Waals surface area contributed by atoms with Crippen molar-refractivity contribution >= 4 is 34.9 Å². The smallest absolute Gasteiger partial charge is 0.255 e. The van der Waals surface area contributed by atoms with Crippen LogP contribution in [0.15, 0.2) is 61.1 Å². The summed E-state index contributed by atoms with van der Waals surface area (Å²) in [7, 11) is 0. The fourth-order valence-electron chi connectivity index (χ4n) is 2.35. The molecule has 2 aromatic carbocycles. The minimum Gasteiger partial charge on any atom is -0.322 e. The van der Waals surface area contributed by atoms with Crippen LogP contribution in [0.3, 0.4) is 0 Å². The number of nitrogens with zero attached hydrogens (tertiary/aromatic N) is 2. The summed E-state index contributed by atoms with van der Waals surface area (Å²) in [4.78, 5) is 28.3. The van der Waals surface area contributed by atoms with Gasteiger partial charge in [0.25, 0.3) is 5.91 Å². The molecule has 0 aliphatic rings. The van der Waals surface area contributed by atoms with Crippen LogP contribution >= 0.6 is 11.6 Å². The van der Waals surface area contributed by atoms with E-state index in [0.29, 0.717) is 22.1 Å². The molecule has 0 bridgehead atoms. The van der Waals surface area contributed by atoms with E-state index >= 15 is 0 Å². The van der Waals surface area contributed by atoms with E-state index in [-0.39, 0.29) is 17.7 Å². The fourth-order valence-corrected chi connectivity index (χ4v) is 2.54. The highest BCUT2D eigenvalue weighted by molar-refractivity contribution is 6.31. The molecule has 7 heteroatoms. The zero-order chi connectivity index (χ0) is 19.4. The van der Waals surface area contributed by atoms with E-state index in [1.807, 2.05) is 26.0 Å². The maximum absolute atomic E-state index is 12.3. The van der Waals surface area contributed by atoms with Gasteiger partial charge in [-0.3, -0.25) is 9.59 Å². The van der Waals surface area contributed by atoms with Crippen LogP contribution in [0.25, 0.3) is 5.69 Å².